The molecule has 1 rings (SSSR count). The highest BCUT2D eigenvalue weighted by molar-refractivity contribution is 5.32. The number of nitrogens with one attached hydrogen (secondary N) is 1. The molecule has 0 aliphatic heterocycles. The van der Waals surface area contributed by atoms with Crippen molar-refractivity contribution < 1.29 is 0 Å². The predicted molar refractivity (Wildman–Crippen MR) is 64.3 cm³/mol. The number of likely N-dealkylation sites (N-methyl/N-ethyl adjacent to an activating group) is 1. The molecule has 86 valence electrons. The van der Waals surface area contributed by atoms with Crippen molar-refractivity contribution in [2.24, 2.45) is 7.05 Å². The van der Waals surface area contributed by atoms with E-state index in [1.165, 1.54) is 11.3 Å². The molecular weight excluding hydrogens is 186 g/mol. The van der Waals surface area contributed by atoms with E-state index >= 15 is 0 Å². The van der Waals surface area contributed by atoms with Gasteiger partial charge in [0.05, 0.1) is 5.69 Å². The fourth-order valence-electron chi connectivity index (χ4n) is 2.21. The van der Waals surface area contributed by atoms with E-state index in [2.05, 4.69) is 38.1 Å². The number of hydrogen-bond acceptors (Lipinski definition) is 2. The van der Waals surface area contributed by atoms with Crippen LogP contribution < -0.4 is 5.32 Å². The summed E-state index contributed by atoms with van der Waals surface area (Å²) in [4.78, 5) is 0. The lowest BCUT2D eigenvalue weighted by Crippen LogP contribution is -2.19. The summed E-state index contributed by atoms with van der Waals surface area (Å²) in [6.45, 7) is 9.85. The Morgan fingerprint density at radius 1 is 1.33 bits per heavy atom. The van der Waals surface area contributed by atoms with Crippen molar-refractivity contribution in [3.63, 3.8) is 0 Å². The van der Waals surface area contributed by atoms with Crippen LogP contribution in [0, 0.1) is 6.92 Å². The van der Waals surface area contributed by atoms with Gasteiger partial charge in [-0.15, -0.1) is 0 Å². The smallest absolute Gasteiger partial charge is 0.0633 e. The maximum absolute atomic E-state index is 4.52. The average Bonchev–Trinajstić information content (AvgIpc) is 2.36. The monoisotopic (exact) mass is 209 g/mol. The Hall–Kier alpha value is -0.830. The number of rotatable bonds is 3. The van der Waals surface area contributed by atoms with E-state index in [-0.39, 0.29) is 5.41 Å². The van der Waals surface area contributed by atoms with E-state index < -0.39 is 0 Å². The second kappa shape index (κ2) is 4.35. The molecule has 1 aromatic heterocycles. The SMILES string of the molecule is CNCCc1c(C(C)(C)C)c(C)nn1C. The zero-order chi connectivity index (χ0) is 11.6. The molecule has 0 amide bonds. The molecule has 0 unspecified atom stereocenters. The Morgan fingerprint density at radius 2 is 1.93 bits per heavy atom. The van der Waals surface area contributed by atoms with Crippen LogP contribution in [0.3, 0.4) is 0 Å². The van der Waals surface area contributed by atoms with E-state index in [1.807, 2.05) is 18.8 Å². The first-order valence-corrected chi connectivity index (χ1v) is 5.55. The third kappa shape index (κ3) is 2.59. The summed E-state index contributed by atoms with van der Waals surface area (Å²) in [6.07, 6.45) is 1.04. The van der Waals surface area contributed by atoms with Crippen molar-refractivity contribution in [3.05, 3.63) is 17.0 Å². The lowest BCUT2D eigenvalue weighted by molar-refractivity contribution is 0.571. The summed E-state index contributed by atoms with van der Waals surface area (Å²) in [5.41, 5.74) is 4.10. The van der Waals surface area contributed by atoms with E-state index in [4.69, 9.17) is 0 Å². The number of hydrogen-bond donors (Lipinski definition) is 1. The third-order valence-corrected chi connectivity index (χ3v) is 2.70. The highest BCUT2D eigenvalue weighted by Crippen LogP contribution is 2.28. The van der Waals surface area contributed by atoms with Gasteiger partial charge in [0.1, 0.15) is 0 Å². The molecule has 0 radical (unpaired) electrons. The van der Waals surface area contributed by atoms with Gasteiger partial charge >= 0.3 is 0 Å². The van der Waals surface area contributed by atoms with Gasteiger partial charge in [-0.05, 0) is 19.4 Å². The van der Waals surface area contributed by atoms with Crippen LogP contribution in [0.5, 0.6) is 0 Å². The first-order chi connectivity index (χ1) is 6.88. The van der Waals surface area contributed by atoms with Crippen LogP contribution in [0.1, 0.15) is 37.7 Å². The standard InChI is InChI=1S/C12H23N3/c1-9-11(12(2,3)4)10(7-8-13-5)15(6)14-9/h13H,7-8H2,1-6H3. The van der Waals surface area contributed by atoms with Gasteiger partial charge in [0.2, 0.25) is 0 Å². The van der Waals surface area contributed by atoms with Crippen LogP contribution in [0.15, 0.2) is 0 Å². The molecule has 0 bridgehead atoms. The zero-order valence-corrected chi connectivity index (χ0v) is 10.8. The Labute approximate surface area is 92.9 Å². The van der Waals surface area contributed by atoms with Gasteiger partial charge in [0, 0.05) is 31.3 Å². The summed E-state index contributed by atoms with van der Waals surface area (Å²) in [5.74, 6) is 0. The molecule has 1 N–H and O–H groups in total. The molecule has 0 aromatic carbocycles. The molecule has 0 saturated carbocycles. The molecule has 0 atom stereocenters. The highest BCUT2D eigenvalue weighted by atomic mass is 15.3. The summed E-state index contributed by atoms with van der Waals surface area (Å²) in [7, 11) is 4.02. The van der Waals surface area contributed by atoms with Gasteiger partial charge < -0.3 is 5.32 Å². The predicted octanol–water partition coefficient (Wildman–Crippen LogP) is 1.79. The molecule has 0 aliphatic rings. The van der Waals surface area contributed by atoms with Gasteiger partial charge in [0.15, 0.2) is 0 Å². The second-order valence-electron chi connectivity index (χ2n) is 5.13. The van der Waals surface area contributed by atoms with E-state index in [1.54, 1.807) is 0 Å². The summed E-state index contributed by atoms with van der Waals surface area (Å²) in [6, 6.07) is 0. The van der Waals surface area contributed by atoms with Crippen molar-refractivity contribution in [1.29, 1.82) is 0 Å². The Balaban J connectivity index is 3.12. The zero-order valence-electron chi connectivity index (χ0n) is 10.8. The minimum atomic E-state index is 0.182. The second-order valence-corrected chi connectivity index (χ2v) is 5.13. The van der Waals surface area contributed by atoms with Crippen LogP contribution in [0.25, 0.3) is 0 Å². The number of aromatic nitrogens is 2. The molecular formula is C12H23N3. The number of aryl methyl sites for hydroxylation is 2. The minimum absolute atomic E-state index is 0.182. The molecule has 0 aliphatic carbocycles. The summed E-state index contributed by atoms with van der Waals surface area (Å²) in [5, 5.41) is 7.71. The minimum Gasteiger partial charge on any atom is -0.319 e. The lowest BCUT2D eigenvalue weighted by atomic mass is 9.84. The maximum atomic E-state index is 4.52. The molecule has 0 spiro atoms. The fraction of sp³-hybridized carbons (Fsp3) is 0.750. The van der Waals surface area contributed by atoms with Crippen LogP contribution in [0.2, 0.25) is 0 Å². The van der Waals surface area contributed by atoms with Crippen molar-refractivity contribution >= 4 is 0 Å². The van der Waals surface area contributed by atoms with E-state index in [0.717, 1.165) is 18.7 Å². The molecule has 3 nitrogen and oxygen atoms in total. The van der Waals surface area contributed by atoms with Gasteiger partial charge in [-0.1, -0.05) is 20.8 Å². The highest BCUT2D eigenvalue weighted by Gasteiger charge is 2.24. The Bertz CT molecular complexity index is 331. The quantitative estimate of drug-likeness (QED) is 0.822. The topological polar surface area (TPSA) is 29.9 Å². The van der Waals surface area contributed by atoms with Gasteiger partial charge in [-0.25, -0.2) is 0 Å². The van der Waals surface area contributed by atoms with Crippen LogP contribution in [0.4, 0.5) is 0 Å². The molecule has 15 heavy (non-hydrogen) atoms. The molecule has 1 aromatic rings. The van der Waals surface area contributed by atoms with Crippen molar-refractivity contribution in [3.8, 4) is 0 Å². The van der Waals surface area contributed by atoms with Crippen LogP contribution in [-0.4, -0.2) is 23.4 Å². The largest absolute Gasteiger partial charge is 0.319 e. The number of nitrogens with zero attached hydrogens (tertiary/aromatic N) is 2. The molecule has 0 fully saturated rings. The van der Waals surface area contributed by atoms with E-state index in [0.29, 0.717) is 0 Å². The first-order valence-electron chi connectivity index (χ1n) is 5.55. The summed E-state index contributed by atoms with van der Waals surface area (Å²) < 4.78 is 2.02. The van der Waals surface area contributed by atoms with Crippen LogP contribution >= 0.6 is 0 Å². The lowest BCUT2D eigenvalue weighted by Gasteiger charge is -2.20. The van der Waals surface area contributed by atoms with E-state index in [9.17, 15) is 0 Å². The molecule has 1 heterocycles. The molecule has 0 saturated heterocycles. The normalized spacial score (nSPS) is 12.1. The Morgan fingerprint density at radius 3 is 2.40 bits per heavy atom. The van der Waals surface area contributed by atoms with Gasteiger partial charge in [0.25, 0.3) is 0 Å². The van der Waals surface area contributed by atoms with Crippen molar-refractivity contribution in [2.75, 3.05) is 13.6 Å². The summed E-state index contributed by atoms with van der Waals surface area (Å²) >= 11 is 0. The van der Waals surface area contributed by atoms with Crippen LogP contribution in [-0.2, 0) is 18.9 Å². The Kier molecular flexibility index (Phi) is 3.55. The average molecular weight is 209 g/mol. The maximum Gasteiger partial charge on any atom is 0.0633 e. The third-order valence-electron chi connectivity index (χ3n) is 2.70. The first kappa shape index (κ1) is 12.2. The van der Waals surface area contributed by atoms with Crippen molar-refractivity contribution in [1.82, 2.24) is 15.1 Å². The molecule has 3 heteroatoms. The fourth-order valence-corrected chi connectivity index (χ4v) is 2.21. The van der Waals surface area contributed by atoms with Crippen molar-refractivity contribution in [2.45, 2.75) is 39.5 Å². The van der Waals surface area contributed by atoms with Gasteiger partial charge in [-0.3, -0.25) is 4.68 Å². The van der Waals surface area contributed by atoms with Gasteiger partial charge in [-0.2, -0.15) is 5.10 Å².